The number of carbonyl (C=O) groups excluding carboxylic acids is 3. The van der Waals surface area contributed by atoms with Crippen LogP contribution in [0.5, 0.6) is 0 Å². The van der Waals surface area contributed by atoms with Gasteiger partial charge in [0.15, 0.2) is 5.79 Å². The van der Waals surface area contributed by atoms with Crippen LogP contribution < -0.4 is 0 Å². The second-order valence-electron chi connectivity index (χ2n) is 5.04. The van der Waals surface area contributed by atoms with E-state index < -0.39 is 29.6 Å². The van der Waals surface area contributed by atoms with Crippen LogP contribution in [-0.2, 0) is 33.3 Å². The van der Waals surface area contributed by atoms with Gasteiger partial charge in [-0.15, -0.1) is 0 Å². The molecule has 1 saturated heterocycles. The fourth-order valence-electron chi connectivity index (χ4n) is 1.98. The standard InChI is InChI=1S/C13H20O7/c1-8(14)19-9(6-11(15)12(16)17-4)5-10-7-18-13(2,3)20-10/h9-10H,5-7H2,1-4H3/t9-,10-/m0/s1. The van der Waals surface area contributed by atoms with Crippen LogP contribution in [0.4, 0.5) is 0 Å². The third-order valence-electron chi connectivity index (χ3n) is 2.75. The Kier molecular flexibility index (Phi) is 5.64. The molecule has 0 aliphatic carbocycles. The lowest BCUT2D eigenvalue weighted by Crippen LogP contribution is -2.30. The van der Waals surface area contributed by atoms with E-state index in [9.17, 15) is 14.4 Å². The van der Waals surface area contributed by atoms with Crippen LogP contribution in [0.25, 0.3) is 0 Å². The van der Waals surface area contributed by atoms with E-state index in [4.69, 9.17) is 14.2 Å². The molecule has 0 aromatic carbocycles. The lowest BCUT2D eigenvalue weighted by molar-refractivity contribution is -0.159. The van der Waals surface area contributed by atoms with Gasteiger partial charge in [-0.2, -0.15) is 0 Å². The number of rotatable bonds is 6. The Balaban J connectivity index is 2.58. The fourth-order valence-corrected chi connectivity index (χ4v) is 1.98. The molecule has 1 aliphatic heterocycles. The monoisotopic (exact) mass is 288 g/mol. The van der Waals surface area contributed by atoms with E-state index in [0.29, 0.717) is 6.61 Å². The summed E-state index contributed by atoms with van der Waals surface area (Å²) in [7, 11) is 1.12. The van der Waals surface area contributed by atoms with E-state index in [-0.39, 0.29) is 18.9 Å². The van der Waals surface area contributed by atoms with Gasteiger partial charge in [0.25, 0.3) is 0 Å². The quantitative estimate of drug-likeness (QED) is 0.522. The number of hydrogen-bond donors (Lipinski definition) is 0. The minimum Gasteiger partial charge on any atom is -0.463 e. The average Bonchev–Trinajstić information content (AvgIpc) is 2.66. The normalized spacial score (nSPS) is 22.1. The number of hydrogen-bond acceptors (Lipinski definition) is 7. The zero-order valence-electron chi connectivity index (χ0n) is 12.1. The van der Waals surface area contributed by atoms with E-state index in [1.165, 1.54) is 6.92 Å². The Morgan fingerprint density at radius 1 is 1.35 bits per heavy atom. The van der Waals surface area contributed by atoms with Crippen molar-refractivity contribution in [3.63, 3.8) is 0 Å². The molecule has 0 aromatic heterocycles. The number of carbonyl (C=O) groups is 3. The maximum atomic E-state index is 11.5. The predicted octanol–water partition coefficient (Wildman–Crippen LogP) is 0.592. The molecule has 2 atom stereocenters. The fraction of sp³-hybridized carbons (Fsp3) is 0.769. The van der Waals surface area contributed by atoms with Crippen LogP contribution in [0.1, 0.15) is 33.6 Å². The van der Waals surface area contributed by atoms with Crippen LogP contribution >= 0.6 is 0 Å². The molecule has 20 heavy (non-hydrogen) atoms. The number of ketones is 1. The molecule has 0 N–H and O–H groups in total. The molecule has 1 rings (SSSR count). The van der Waals surface area contributed by atoms with Gasteiger partial charge in [0, 0.05) is 13.3 Å². The SMILES string of the molecule is COC(=O)C(=O)C[C@H](C[C@H]1COC(C)(C)O1)OC(C)=O. The third kappa shape index (κ3) is 5.26. The summed E-state index contributed by atoms with van der Waals surface area (Å²) in [5.74, 6) is -2.91. The predicted molar refractivity (Wildman–Crippen MR) is 66.7 cm³/mol. The summed E-state index contributed by atoms with van der Waals surface area (Å²) >= 11 is 0. The first-order valence-electron chi connectivity index (χ1n) is 6.33. The van der Waals surface area contributed by atoms with Crippen LogP contribution in [0.2, 0.25) is 0 Å². The maximum absolute atomic E-state index is 11.5. The highest BCUT2D eigenvalue weighted by Gasteiger charge is 2.35. The largest absolute Gasteiger partial charge is 0.463 e. The average molecular weight is 288 g/mol. The van der Waals surface area contributed by atoms with Crippen LogP contribution in [0.15, 0.2) is 0 Å². The molecule has 0 amide bonds. The molecule has 7 nitrogen and oxygen atoms in total. The third-order valence-corrected chi connectivity index (χ3v) is 2.75. The Hall–Kier alpha value is -1.47. The van der Waals surface area contributed by atoms with Crippen molar-refractivity contribution in [2.75, 3.05) is 13.7 Å². The highest BCUT2D eigenvalue weighted by Crippen LogP contribution is 2.26. The van der Waals surface area contributed by atoms with Gasteiger partial charge >= 0.3 is 11.9 Å². The molecule has 1 heterocycles. The summed E-state index contributed by atoms with van der Waals surface area (Å²) in [6, 6.07) is 0. The van der Waals surface area contributed by atoms with Crippen molar-refractivity contribution in [2.45, 2.75) is 51.6 Å². The molecule has 0 saturated carbocycles. The molecular formula is C13H20O7. The number of Topliss-reactive ketones (excluding diaryl/α,β-unsaturated/α-hetero) is 1. The summed E-state index contributed by atoms with van der Waals surface area (Å²) < 4.78 is 20.4. The molecule has 1 aliphatic rings. The van der Waals surface area contributed by atoms with E-state index in [0.717, 1.165) is 7.11 Å². The molecule has 0 spiro atoms. The molecule has 7 heteroatoms. The van der Waals surface area contributed by atoms with E-state index in [1.54, 1.807) is 13.8 Å². The van der Waals surface area contributed by atoms with E-state index >= 15 is 0 Å². The van der Waals surface area contributed by atoms with Crippen molar-refractivity contribution >= 4 is 17.7 Å². The summed E-state index contributed by atoms with van der Waals surface area (Å²) in [6.45, 7) is 5.13. The summed E-state index contributed by atoms with van der Waals surface area (Å²) in [4.78, 5) is 33.7. The second-order valence-corrected chi connectivity index (χ2v) is 5.04. The van der Waals surface area contributed by atoms with Gasteiger partial charge in [0.1, 0.15) is 6.10 Å². The first kappa shape index (κ1) is 16.6. The molecule has 0 unspecified atom stereocenters. The number of methoxy groups -OCH3 is 1. The van der Waals surface area contributed by atoms with Gasteiger partial charge in [0.2, 0.25) is 5.78 Å². The molecule has 0 radical (unpaired) electrons. The second kappa shape index (κ2) is 6.81. The van der Waals surface area contributed by atoms with Crippen molar-refractivity contribution in [3.8, 4) is 0 Å². The van der Waals surface area contributed by atoms with Crippen molar-refractivity contribution in [3.05, 3.63) is 0 Å². The number of esters is 2. The molecule has 0 aromatic rings. The first-order valence-corrected chi connectivity index (χ1v) is 6.33. The van der Waals surface area contributed by atoms with Crippen LogP contribution in [0, 0.1) is 0 Å². The van der Waals surface area contributed by atoms with Crippen LogP contribution in [-0.4, -0.2) is 49.4 Å². The summed E-state index contributed by atoms with van der Waals surface area (Å²) in [5, 5.41) is 0. The minimum absolute atomic E-state index is 0.230. The van der Waals surface area contributed by atoms with Crippen molar-refractivity contribution in [1.82, 2.24) is 0 Å². The Morgan fingerprint density at radius 2 is 2.00 bits per heavy atom. The molecular weight excluding hydrogens is 268 g/mol. The molecule has 114 valence electrons. The highest BCUT2D eigenvalue weighted by atomic mass is 16.7. The topological polar surface area (TPSA) is 88.1 Å². The van der Waals surface area contributed by atoms with Gasteiger partial charge in [-0.25, -0.2) is 4.79 Å². The van der Waals surface area contributed by atoms with Crippen molar-refractivity contribution in [2.24, 2.45) is 0 Å². The molecule has 0 bridgehead atoms. The van der Waals surface area contributed by atoms with Gasteiger partial charge in [-0.3, -0.25) is 9.59 Å². The highest BCUT2D eigenvalue weighted by molar-refractivity contribution is 6.33. The van der Waals surface area contributed by atoms with E-state index in [2.05, 4.69) is 4.74 Å². The smallest absolute Gasteiger partial charge is 0.374 e. The zero-order chi connectivity index (χ0) is 15.3. The Morgan fingerprint density at radius 3 is 2.45 bits per heavy atom. The van der Waals surface area contributed by atoms with Crippen LogP contribution in [0.3, 0.4) is 0 Å². The summed E-state index contributed by atoms with van der Waals surface area (Å²) in [5.41, 5.74) is 0. The Labute approximate surface area is 117 Å². The Bertz CT molecular complexity index is 388. The lowest BCUT2D eigenvalue weighted by atomic mass is 10.1. The van der Waals surface area contributed by atoms with Gasteiger partial charge in [-0.05, 0) is 13.8 Å². The lowest BCUT2D eigenvalue weighted by Gasteiger charge is -2.21. The summed E-state index contributed by atoms with van der Waals surface area (Å²) in [6.07, 6.45) is -0.973. The minimum atomic E-state index is -0.953. The van der Waals surface area contributed by atoms with Crippen molar-refractivity contribution < 1.29 is 33.3 Å². The maximum Gasteiger partial charge on any atom is 0.374 e. The number of ether oxygens (including phenoxy) is 4. The molecule has 1 fully saturated rings. The first-order chi connectivity index (χ1) is 9.23. The van der Waals surface area contributed by atoms with Gasteiger partial charge in [-0.1, -0.05) is 0 Å². The zero-order valence-corrected chi connectivity index (χ0v) is 12.1. The van der Waals surface area contributed by atoms with Crippen molar-refractivity contribution in [1.29, 1.82) is 0 Å². The van der Waals surface area contributed by atoms with Gasteiger partial charge < -0.3 is 18.9 Å². The van der Waals surface area contributed by atoms with Gasteiger partial charge in [0.05, 0.1) is 26.2 Å². The van der Waals surface area contributed by atoms with E-state index in [1.807, 2.05) is 0 Å².